The molecule has 11 heteroatoms. The van der Waals surface area contributed by atoms with E-state index in [0.29, 0.717) is 13.2 Å². The van der Waals surface area contributed by atoms with Crippen molar-refractivity contribution in [1.29, 1.82) is 5.26 Å². The quantitative estimate of drug-likeness (QED) is 0.294. The van der Waals surface area contributed by atoms with E-state index in [-0.39, 0.29) is 5.44 Å². The third kappa shape index (κ3) is 6.68. The third-order valence-electron chi connectivity index (χ3n) is 6.92. The zero-order chi connectivity index (χ0) is 25.6. The number of hydrogen-bond donors (Lipinski definition) is 1. The normalized spacial score (nSPS) is 17.2. The van der Waals surface area contributed by atoms with Crippen LogP contribution in [0.1, 0.15) is 19.3 Å². The van der Waals surface area contributed by atoms with Gasteiger partial charge in [0.1, 0.15) is 26.6 Å². The maximum absolute atomic E-state index is 9.06. The van der Waals surface area contributed by atoms with Crippen molar-refractivity contribution in [3.63, 3.8) is 0 Å². The molecule has 0 aliphatic carbocycles. The van der Waals surface area contributed by atoms with E-state index in [1.807, 2.05) is 21.6 Å². The van der Waals surface area contributed by atoms with Gasteiger partial charge in [-0.05, 0) is 37.7 Å². The van der Waals surface area contributed by atoms with Crippen molar-refractivity contribution in [2.75, 3.05) is 57.3 Å². The maximum atomic E-state index is 9.06. The van der Waals surface area contributed by atoms with Gasteiger partial charge in [-0.3, -0.25) is 4.68 Å². The third-order valence-corrected chi connectivity index (χ3v) is 8.31. The van der Waals surface area contributed by atoms with Crippen LogP contribution >= 0.6 is 10.0 Å². The molecular formula is C25H39BN8OS. The molecule has 0 amide bonds. The van der Waals surface area contributed by atoms with Gasteiger partial charge in [0.15, 0.2) is 0 Å². The van der Waals surface area contributed by atoms with Crippen molar-refractivity contribution in [1.82, 2.24) is 34.5 Å². The number of rotatable bonds is 12. The molecule has 0 unspecified atom stereocenters. The summed E-state index contributed by atoms with van der Waals surface area (Å²) < 4.78 is 10.0. The first-order valence-corrected chi connectivity index (χ1v) is 15.7. The van der Waals surface area contributed by atoms with E-state index >= 15 is 0 Å². The highest BCUT2D eigenvalue weighted by molar-refractivity contribution is 8.32. The molecule has 0 aromatic carbocycles. The minimum Gasteiger partial charge on any atom is -0.360 e. The number of nitrogens with zero attached hydrogens (tertiary/aromatic N) is 7. The van der Waals surface area contributed by atoms with E-state index in [4.69, 9.17) is 15.1 Å². The molecule has 4 heterocycles. The summed E-state index contributed by atoms with van der Waals surface area (Å²) in [7, 11) is 1.74. The predicted molar refractivity (Wildman–Crippen MR) is 150 cm³/mol. The Labute approximate surface area is 216 Å². The number of nitrogens with one attached hydrogen (secondary N) is 1. The predicted octanol–water partition coefficient (Wildman–Crippen LogP) is 1.89. The van der Waals surface area contributed by atoms with Crippen LogP contribution in [0.5, 0.6) is 0 Å². The van der Waals surface area contributed by atoms with Gasteiger partial charge in [-0.1, -0.05) is 0 Å². The van der Waals surface area contributed by atoms with Crippen LogP contribution < -0.4 is 5.32 Å². The number of aromatic nitrogens is 5. The Bertz CT molecular complexity index is 1180. The fourth-order valence-corrected chi connectivity index (χ4v) is 5.44. The second kappa shape index (κ2) is 11.8. The zero-order valence-electron chi connectivity index (χ0n) is 22.1. The Hall–Kier alpha value is -2.39. The average molecular weight is 511 g/mol. The van der Waals surface area contributed by atoms with Crippen LogP contribution in [0.15, 0.2) is 31.0 Å². The summed E-state index contributed by atoms with van der Waals surface area (Å²) in [5, 5.41) is 18.2. The molecule has 0 spiro atoms. The number of fused-ring (bicyclic) bond motifs is 1. The summed E-state index contributed by atoms with van der Waals surface area (Å²) in [6, 6.07) is 4.36. The van der Waals surface area contributed by atoms with Crippen LogP contribution in [-0.4, -0.2) is 99.8 Å². The van der Waals surface area contributed by atoms with Crippen molar-refractivity contribution in [2.45, 2.75) is 38.0 Å². The monoisotopic (exact) mass is 510 g/mol. The molecule has 0 radical (unpaired) electrons. The van der Waals surface area contributed by atoms with E-state index in [2.05, 4.69) is 65.1 Å². The van der Waals surface area contributed by atoms with Crippen molar-refractivity contribution in [2.24, 2.45) is 0 Å². The van der Waals surface area contributed by atoms with Gasteiger partial charge in [0, 0.05) is 67.1 Å². The maximum Gasteiger partial charge on any atom is 0.145 e. The molecule has 1 atom stereocenters. The van der Waals surface area contributed by atoms with Gasteiger partial charge in [0.2, 0.25) is 0 Å². The Kier molecular flexibility index (Phi) is 8.72. The second-order valence-corrected chi connectivity index (χ2v) is 15.3. The molecule has 4 rings (SSSR count). The molecule has 36 heavy (non-hydrogen) atoms. The smallest absolute Gasteiger partial charge is 0.145 e. The van der Waals surface area contributed by atoms with Crippen molar-refractivity contribution < 1.29 is 4.74 Å². The lowest BCUT2D eigenvalue weighted by Gasteiger charge is -2.44. The first kappa shape index (κ1) is 26.7. The van der Waals surface area contributed by atoms with E-state index in [9.17, 15) is 0 Å². The van der Waals surface area contributed by atoms with Crippen LogP contribution in [-0.2, 0) is 18.0 Å². The fourth-order valence-electron chi connectivity index (χ4n) is 4.82. The molecule has 1 saturated heterocycles. The molecular weight excluding hydrogens is 471 g/mol. The van der Waals surface area contributed by atoms with E-state index in [1.54, 1.807) is 6.33 Å². The number of piperazine rings is 1. The summed E-state index contributed by atoms with van der Waals surface area (Å²) in [4.78, 5) is 11.7. The van der Waals surface area contributed by atoms with Gasteiger partial charge >= 0.3 is 0 Å². The highest BCUT2D eigenvalue weighted by atomic mass is 32.3. The van der Waals surface area contributed by atoms with Crippen molar-refractivity contribution in [3.05, 3.63) is 31.0 Å². The molecule has 0 bridgehead atoms. The van der Waals surface area contributed by atoms with Gasteiger partial charge in [-0.25, -0.2) is 20.0 Å². The molecule has 1 fully saturated rings. The lowest BCUT2D eigenvalue weighted by atomic mass is 9.71. The van der Waals surface area contributed by atoms with Crippen LogP contribution in [0.4, 0.5) is 0 Å². The standard InChI is InChI=1S/C25H39BN8OS/c1-36(2,3)15-14-35-20-32-11-6-22-23(29-19-30-24(22)32)21-16-31-34(17-21)18-25(26,7-4-5-8-27)33-12-9-28-10-13-33/h6,11,16-17,19,28H,4-5,7,9-10,12-15,18,20,26H2,1-3H3/t25-/m0/s1. The molecule has 1 N–H and O–H groups in total. The van der Waals surface area contributed by atoms with Gasteiger partial charge in [0.25, 0.3) is 0 Å². The SMILES string of the molecule is B[C@](CCCC#N)(Cn1cc(-c2ncnc3c2ccn3COCCS(C)(C)C)cn1)N1CCNCC1. The molecule has 1 aliphatic heterocycles. The first-order valence-electron chi connectivity index (χ1n) is 12.7. The highest BCUT2D eigenvalue weighted by Gasteiger charge is 2.33. The Morgan fingerprint density at radius 3 is 2.81 bits per heavy atom. The topological polar surface area (TPSA) is 96.8 Å². The minimum atomic E-state index is -0.565. The summed E-state index contributed by atoms with van der Waals surface area (Å²) in [5.41, 5.74) is 2.69. The lowest BCUT2D eigenvalue weighted by molar-refractivity contribution is 0.0923. The first-order chi connectivity index (χ1) is 17.3. The summed E-state index contributed by atoms with van der Waals surface area (Å²) >= 11 is 0. The minimum absolute atomic E-state index is 0.0569. The molecule has 194 valence electrons. The van der Waals surface area contributed by atoms with Gasteiger partial charge in [0.05, 0.1) is 31.1 Å². The number of nitriles is 1. The number of unbranched alkanes of at least 4 members (excludes halogenated alkanes) is 1. The molecule has 3 aromatic heterocycles. The Morgan fingerprint density at radius 2 is 2.06 bits per heavy atom. The van der Waals surface area contributed by atoms with Gasteiger partial charge in [-0.2, -0.15) is 10.4 Å². The molecule has 0 saturated carbocycles. The van der Waals surface area contributed by atoms with Crippen LogP contribution in [0, 0.1) is 11.3 Å². The van der Waals surface area contributed by atoms with Gasteiger partial charge in [-0.15, -0.1) is 0 Å². The summed E-state index contributed by atoms with van der Waals surface area (Å²) in [6.45, 7) is 6.03. The van der Waals surface area contributed by atoms with Crippen molar-refractivity contribution in [3.8, 4) is 17.3 Å². The number of ether oxygens (including phenoxy) is 1. The van der Waals surface area contributed by atoms with Gasteiger partial charge < -0.3 is 19.5 Å². The molecule has 3 aromatic rings. The number of hydrogen-bond acceptors (Lipinski definition) is 7. The van der Waals surface area contributed by atoms with E-state index < -0.39 is 10.0 Å². The van der Waals surface area contributed by atoms with Crippen LogP contribution in [0.25, 0.3) is 22.3 Å². The Balaban J connectivity index is 1.50. The van der Waals surface area contributed by atoms with E-state index in [1.165, 1.54) is 0 Å². The summed E-state index contributed by atoms with van der Waals surface area (Å²) in [5.74, 6) is 1.09. The molecule has 1 aliphatic rings. The fraction of sp³-hybridized carbons (Fsp3) is 0.600. The molecule has 9 nitrogen and oxygen atoms in total. The van der Waals surface area contributed by atoms with Crippen molar-refractivity contribution >= 4 is 28.9 Å². The largest absolute Gasteiger partial charge is 0.360 e. The van der Waals surface area contributed by atoms with Crippen LogP contribution in [0.3, 0.4) is 0 Å². The summed E-state index contributed by atoms with van der Waals surface area (Å²) in [6.07, 6.45) is 17.0. The van der Waals surface area contributed by atoms with Crippen LogP contribution in [0.2, 0.25) is 0 Å². The lowest BCUT2D eigenvalue weighted by Crippen LogP contribution is -2.58. The Morgan fingerprint density at radius 1 is 1.25 bits per heavy atom. The zero-order valence-corrected chi connectivity index (χ0v) is 22.9. The average Bonchev–Trinajstić information content (AvgIpc) is 3.49. The highest BCUT2D eigenvalue weighted by Crippen LogP contribution is 2.33. The second-order valence-electron chi connectivity index (χ2n) is 10.7. The van der Waals surface area contributed by atoms with E-state index in [0.717, 1.165) is 80.2 Å².